The van der Waals surface area contributed by atoms with Crippen molar-refractivity contribution in [2.24, 2.45) is 5.41 Å². The summed E-state index contributed by atoms with van der Waals surface area (Å²) in [5.41, 5.74) is 3.48. The van der Waals surface area contributed by atoms with Gasteiger partial charge in [0.05, 0.1) is 54.7 Å². The summed E-state index contributed by atoms with van der Waals surface area (Å²) in [7, 11) is -4.02. The van der Waals surface area contributed by atoms with Crippen molar-refractivity contribution < 1.29 is 32.8 Å². The number of hydrogen-bond acceptors (Lipinski definition) is 11. The topological polar surface area (TPSA) is 124 Å². The SMILES string of the molecule is CC1=C(C(=O)OCCN(Cc2ccccc2)c2ccccc2)C(c2cccc([N+](=O)[O-])c2)C(P2(=O)OCC(C)(C)CO2)=C(C)N1CCN1CCOCC1.Cl.Cl. The van der Waals surface area contributed by atoms with Gasteiger partial charge in [-0.15, -0.1) is 24.8 Å². The van der Waals surface area contributed by atoms with Crippen molar-refractivity contribution >= 4 is 49.8 Å². The number of rotatable bonds is 13. The van der Waals surface area contributed by atoms with Crippen LogP contribution in [0.4, 0.5) is 11.4 Å². The summed E-state index contributed by atoms with van der Waals surface area (Å²) < 4.78 is 39.0. The summed E-state index contributed by atoms with van der Waals surface area (Å²) in [4.78, 5) is 32.6. The molecule has 2 fully saturated rings. The number of anilines is 1. The number of halogens is 2. The van der Waals surface area contributed by atoms with Crippen LogP contribution in [0.1, 0.15) is 44.7 Å². The Morgan fingerprint density at radius 3 is 2.20 bits per heavy atom. The first-order chi connectivity index (χ1) is 25.5. The number of hydrogen-bond donors (Lipinski definition) is 0. The Bertz CT molecular complexity index is 1880. The van der Waals surface area contributed by atoms with Gasteiger partial charge in [-0.3, -0.25) is 19.6 Å². The van der Waals surface area contributed by atoms with Gasteiger partial charge in [-0.2, -0.15) is 0 Å². The van der Waals surface area contributed by atoms with E-state index in [1.54, 1.807) is 12.1 Å². The van der Waals surface area contributed by atoms with Gasteiger partial charge in [-0.25, -0.2) is 4.79 Å². The van der Waals surface area contributed by atoms with Gasteiger partial charge in [-0.1, -0.05) is 74.5 Å². The lowest BCUT2D eigenvalue weighted by Crippen LogP contribution is -2.42. The smallest absolute Gasteiger partial charge is 0.360 e. The average molecular weight is 818 g/mol. The average Bonchev–Trinajstić information content (AvgIpc) is 3.16. The fraction of sp³-hybridized carbons (Fsp3) is 0.425. The number of morpholine rings is 1. The minimum Gasteiger partial charge on any atom is -0.460 e. The number of benzene rings is 3. The van der Waals surface area contributed by atoms with Crippen molar-refractivity contribution in [1.82, 2.24) is 9.80 Å². The van der Waals surface area contributed by atoms with E-state index in [4.69, 9.17) is 18.5 Å². The van der Waals surface area contributed by atoms with Crippen LogP contribution in [0.5, 0.6) is 0 Å². The van der Waals surface area contributed by atoms with Crippen molar-refractivity contribution in [1.29, 1.82) is 0 Å². The van der Waals surface area contributed by atoms with Gasteiger partial charge in [-0.05, 0) is 37.1 Å². The zero-order valence-electron chi connectivity index (χ0n) is 31.8. The number of nitrogens with zero attached hydrogens (tertiary/aromatic N) is 4. The quantitative estimate of drug-likeness (QED) is 0.0718. The predicted molar refractivity (Wildman–Crippen MR) is 218 cm³/mol. The van der Waals surface area contributed by atoms with E-state index in [-0.39, 0.29) is 61.3 Å². The molecule has 298 valence electrons. The summed E-state index contributed by atoms with van der Waals surface area (Å²) in [6.07, 6.45) is 0. The second-order valence-corrected chi connectivity index (χ2v) is 16.4. The summed E-state index contributed by atoms with van der Waals surface area (Å²) >= 11 is 0. The third kappa shape index (κ3) is 10.6. The zero-order chi connectivity index (χ0) is 37.6. The lowest BCUT2D eigenvalue weighted by atomic mass is 9.85. The Balaban J connectivity index is 0.00000336. The van der Waals surface area contributed by atoms with Crippen LogP contribution in [-0.2, 0) is 34.4 Å². The number of nitro benzene ring substituents is 1. The van der Waals surface area contributed by atoms with Crippen LogP contribution in [0.25, 0.3) is 0 Å². The first-order valence-electron chi connectivity index (χ1n) is 18.1. The largest absolute Gasteiger partial charge is 0.460 e. The lowest BCUT2D eigenvalue weighted by molar-refractivity contribution is -0.384. The molecule has 0 aromatic heterocycles. The molecule has 0 N–H and O–H groups in total. The van der Waals surface area contributed by atoms with E-state index in [2.05, 4.69) is 21.9 Å². The maximum Gasteiger partial charge on any atom is 0.360 e. The van der Waals surface area contributed by atoms with E-state index in [0.29, 0.717) is 61.7 Å². The monoisotopic (exact) mass is 816 g/mol. The number of esters is 1. The molecule has 1 atom stereocenters. The molecule has 15 heteroatoms. The van der Waals surface area contributed by atoms with Crippen LogP contribution in [0.3, 0.4) is 0 Å². The molecule has 3 aromatic rings. The summed E-state index contributed by atoms with van der Waals surface area (Å²) in [6, 6.07) is 26.1. The zero-order valence-corrected chi connectivity index (χ0v) is 34.3. The Morgan fingerprint density at radius 1 is 0.927 bits per heavy atom. The third-order valence-corrected chi connectivity index (χ3v) is 12.1. The summed E-state index contributed by atoms with van der Waals surface area (Å²) in [5, 5.41) is 12.3. The molecule has 3 aliphatic heterocycles. The normalized spacial score (nSPS) is 19.6. The standard InChI is InChI=1S/C40H49N4O8P.2ClH/c1-30-36(39(45)50-25-22-42(34-15-9-6-10-16-34)27-32-12-7-5-8-13-32)37(33-14-11-17-35(26-33)44(46)47)38(53(48)51-28-40(3,4)29-52-53)31(2)43(30)19-18-41-20-23-49-24-21-41;;/h5-17,26,37H,18-25,27-29H2,1-4H3;2*1H. The number of para-hydroxylation sites is 1. The van der Waals surface area contributed by atoms with Crippen LogP contribution in [0.15, 0.2) is 107 Å². The molecule has 1 unspecified atom stereocenters. The molecule has 0 bridgehead atoms. The molecule has 12 nitrogen and oxygen atoms in total. The van der Waals surface area contributed by atoms with E-state index in [9.17, 15) is 19.5 Å². The van der Waals surface area contributed by atoms with Gasteiger partial charge < -0.3 is 28.3 Å². The number of allylic oxidation sites excluding steroid dienone is 3. The molecule has 3 heterocycles. The number of carbonyl (C=O) groups excluding carboxylic acids is 1. The predicted octanol–water partition coefficient (Wildman–Crippen LogP) is 8.19. The van der Waals surface area contributed by atoms with Crippen molar-refractivity contribution in [3.8, 4) is 0 Å². The second-order valence-electron chi connectivity index (χ2n) is 14.4. The van der Waals surface area contributed by atoms with E-state index in [1.807, 2.05) is 81.1 Å². The van der Waals surface area contributed by atoms with Crippen LogP contribution < -0.4 is 4.90 Å². The Kier molecular flexibility index (Phi) is 15.5. The molecule has 0 amide bonds. The molecule has 3 aromatic carbocycles. The number of ether oxygens (including phenoxy) is 2. The molecule has 0 saturated carbocycles. The molecule has 2 saturated heterocycles. The van der Waals surface area contributed by atoms with E-state index >= 15 is 0 Å². The van der Waals surface area contributed by atoms with Crippen LogP contribution in [-0.4, -0.2) is 86.5 Å². The highest BCUT2D eigenvalue weighted by Gasteiger charge is 2.49. The van der Waals surface area contributed by atoms with Crippen LogP contribution in [0.2, 0.25) is 0 Å². The molecular weight excluding hydrogens is 766 g/mol. The van der Waals surface area contributed by atoms with Crippen molar-refractivity contribution in [2.75, 3.05) is 70.7 Å². The van der Waals surface area contributed by atoms with Gasteiger partial charge in [0.15, 0.2) is 0 Å². The molecule has 0 radical (unpaired) electrons. The highest BCUT2D eigenvalue weighted by atomic mass is 35.5. The first kappa shape index (κ1) is 44.0. The highest BCUT2D eigenvalue weighted by molar-refractivity contribution is 7.58. The van der Waals surface area contributed by atoms with E-state index < -0.39 is 24.4 Å². The van der Waals surface area contributed by atoms with Crippen molar-refractivity contribution in [3.63, 3.8) is 0 Å². The van der Waals surface area contributed by atoms with Gasteiger partial charge in [0, 0.05) is 67.4 Å². The minimum atomic E-state index is -4.02. The van der Waals surface area contributed by atoms with E-state index in [0.717, 1.165) is 24.3 Å². The summed E-state index contributed by atoms with van der Waals surface area (Å²) in [6.45, 7) is 13.1. The first-order valence-corrected chi connectivity index (χ1v) is 19.6. The Labute approximate surface area is 335 Å². The molecule has 6 rings (SSSR count). The molecule has 0 spiro atoms. The molecule has 0 aliphatic carbocycles. The van der Waals surface area contributed by atoms with Gasteiger partial charge in [0.2, 0.25) is 0 Å². The van der Waals surface area contributed by atoms with Crippen molar-refractivity contribution in [3.05, 3.63) is 128 Å². The number of nitro groups is 1. The molecular formula is C40H51Cl2N4O8P. The molecule has 3 aliphatic rings. The minimum absolute atomic E-state index is 0. The number of carbonyl (C=O) groups is 1. The van der Waals surface area contributed by atoms with E-state index in [1.165, 1.54) is 12.1 Å². The lowest BCUT2D eigenvalue weighted by Gasteiger charge is -2.43. The molecule has 55 heavy (non-hydrogen) atoms. The fourth-order valence-corrected chi connectivity index (χ4v) is 9.56. The van der Waals surface area contributed by atoms with Crippen molar-refractivity contribution in [2.45, 2.75) is 40.2 Å². The van der Waals surface area contributed by atoms with Gasteiger partial charge in [0.25, 0.3) is 5.69 Å². The maximum absolute atomic E-state index is 15.0. The Hall–Kier alpha value is -3.74. The van der Waals surface area contributed by atoms with Gasteiger partial charge >= 0.3 is 13.6 Å². The van der Waals surface area contributed by atoms with Crippen LogP contribution >= 0.6 is 32.4 Å². The number of non-ortho nitro benzene ring substituents is 1. The fourth-order valence-electron chi connectivity index (χ4n) is 7.06. The maximum atomic E-state index is 15.0. The van der Waals surface area contributed by atoms with Gasteiger partial charge in [0.1, 0.15) is 6.61 Å². The van der Waals surface area contributed by atoms with Crippen LogP contribution in [0, 0.1) is 15.5 Å². The highest BCUT2D eigenvalue weighted by Crippen LogP contribution is 2.67. The third-order valence-electron chi connectivity index (χ3n) is 9.99. The summed E-state index contributed by atoms with van der Waals surface area (Å²) in [5.74, 6) is -1.58. The second kappa shape index (κ2) is 19.4. The Morgan fingerprint density at radius 2 is 1.56 bits per heavy atom.